The summed E-state index contributed by atoms with van der Waals surface area (Å²) in [6.45, 7) is 5.08. The number of nitrogens with one attached hydrogen (secondary N) is 2. The Morgan fingerprint density at radius 1 is 1.35 bits per heavy atom. The van der Waals surface area contributed by atoms with Gasteiger partial charge in [-0.15, -0.1) is 12.4 Å². The fourth-order valence-electron chi connectivity index (χ4n) is 3.27. The molecule has 0 aliphatic carbocycles. The van der Waals surface area contributed by atoms with Gasteiger partial charge in [-0.1, -0.05) is 19.1 Å². The molecule has 0 bridgehead atoms. The van der Waals surface area contributed by atoms with Crippen molar-refractivity contribution in [1.29, 1.82) is 0 Å². The van der Waals surface area contributed by atoms with Crippen LogP contribution in [0.15, 0.2) is 18.2 Å². The highest BCUT2D eigenvalue weighted by Crippen LogP contribution is 2.35. The van der Waals surface area contributed by atoms with Crippen molar-refractivity contribution in [2.24, 2.45) is 11.8 Å². The van der Waals surface area contributed by atoms with Crippen LogP contribution in [0.3, 0.4) is 0 Å². The van der Waals surface area contributed by atoms with Crippen LogP contribution in [0.25, 0.3) is 0 Å². The zero-order valence-corrected chi connectivity index (χ0v) is 14.3. The molecule has 3 rings (SSSR count). The molecule has 2 aliphatic heterocycles. The van der Waals surface area contributed by atoms with Gasteiger partial charge in [0.1, 0.15) is 0 Å². The van der Waals surface area contributed by atoms with Gasteiger partial charge >= 0.3 is 0 Å². The molecule has 1 fully saturated rings. The Labute approximate surface area is 143 Å². The molecule has 1 atom stereocenters. The Balaban J connectivity index is 0.00000192. The van der Waals surface area contributed by atoms with E-state index in [1.165, 1.54) is 12.8 Å². The lowest BCUT2D eigenvalue weighted by Gasteiger charge is -2.27. The van der Waals surface area contributed by atoms with Gasteiger partial charge in [0.15, 0.2) is 11.5 Å². The maximum atomic E-state index is 12.2. The van der Waals surface area contributed by atoms with Crippen LogP contribution in [-0.2, 0) is 11.3 Å². The first-order valence-corrected chi connectivity index (χ1v) is 8.09. The highest BCUT2D eigenvalue weighted by atomic mass is 35.5. The van der Waals surface area contributed by atoms with Gasteiger partial charge in [-0.25, -0.2) is 0 Å². The third-order valence-corrected chi connectivity index (χ3v) is 4.65. The van der Waals surface area contributed by atoms with Crippen molar-refractivity contribution in [3.63, 3.8) is 0 Å². The number of fused-ring (bicyclic) bond motifs is 1. The summed E-state index contributed by atoms with van der Waals surface area (Å²) in [5, 5.41) is 6.38. The van der Waals surface area contributed by atoms with Gasteiger partial charge in [0, 0.05) is 18.5 Å². The number of benzene rings is 1. The molecule has 5 nitrogen and oxygen atoms in total. The van der Waals surface area contributed by atoms with Gasteiger partial charge in [0.25, 0.3) is 0 Å². The molecular weight excluding hydrogens is 316 g/mol. The van der Waals surface area contributed by atoms with Gasteiger partial charge in [0.05, 0.1) is 0 Å². The number of piperidine rings is 1. The summed E-state index contributed by atoms with van der Waals surface area (Å²) in [7, 11) is 0. The average molecular weight is 341 g/mol. The summed E-state index contributed by atoms with van der Waals surface area (Å²) in [5.41, 5.74) is 0.970. The van der Waals surface area contributed by atoms with Crippen molar-refractivity contribution in [1.82, 2.24) is 10.6 Å². The van der Waals surface area contributed by atoms with Crippen LogP contribution >= 0.6 is 12.4 Å². The third-order valence-electron chi connectivity index (χ3n) is 4.65. The number of hydrogen-bond acceptors (Lipinski definition) is 4. The van der Waals surface area contributed by atoms with Gasteiger partial charge in [0.2, 0.25) is 12.7 Å². The quantitative estimate of drug-likeness (QED) is 0.864. The van der Waals surface area contributed by atoms with Crippen molar-refractivity contribution in [3.8, 4) is 11.5 Å². The second-order valence-corrected chi connectivity index (χ2v) is 6.20. The van der Waals surface area contributed by atoms with Crippen molar-refractivity contribution >= 4 is 18.3 Å². The number of ether oxygens (including phenoxy) is 2. The largest absolute Gasteiger partial charge is 0.454 e. The molecule has 0 radical (unpaired) electrons. The molecule has 2 heterocycles. The number of carbonyl (C=O) groups excluding carboxylic acids is 1. The number of carbonyl (C=O) groups is 1. The highest BCUT2D eigenvalue weighted by Gasteiger charge is 2.22. The molecule has 6 heteroatoms. The topological polar surface area (TPSA) is 59.6 Å². The number of hydrogen-bond donors (Lipinski definition) is 2. The molecule has 1 saturated heterocycles. The molecule has 1 aromatic rings. The summed E-state index contributed by atoms with van der Waals surface area (Å²) < 4.78 is 10.8. The first kappa shape index (κ1) is 17.9. The SMILES string of the molecule is CC(CC(=O)NCc1cccc2c1OCO2)C1CCNCC1.Cl. The van der Waals surface area contributed by atoms with Crippen molar-refractivity contribution in [2.75, 3.05) is 19.9 Å². The van der Waals surface area contributed by atoms with Crippen LogP contribution < -0.4 is 20.1 Å². The van der Waals surface area contributed by atoms with Gasteiger partial charge < -0.3 is 20.1 Å². The van der Waals surface area contributed by atoms with E-state index in [1.807, 2.05) is 18.2 Å². The number of para-hydroxylation sites is 1. The normalized spacial score (nSPS) is 18.1. The van der Waals surface area contributed by atoms with E-state index >= 15 is 0 Å². The Morgan fingerprint density at radius 2 is 2.13 bits per heavy atom. The zero-order chi connectivity index (χ0) is 15.4. The molecule has 1 unspecified atom stereocenters. The fourth-order valence-corrected chi connectivity index (χ4v) is 3.27. The first-order chi connectivity index (χ1) is 10.7. The third kappa shape index (κ3) is 4.52. The van der Waals surface area contributed by atoms with Crippen molar-refractivity contribution < 1.29 is 14.3 Å². The standard InChI is InChI=1S/C17H24N2O3.ClH/c1-12(13-5-7-18-8-6-13)9-16(20)19-10-14-3-2-4-15-17(14)22-11-21-15;/h2-4,12-13,18H,5-11H2,1H3,(H,19,20);1H. The molecule has 2 aliphatic rings. The van der Waals surface area contributed by atoms with E-state index in [9.17, 15) is 4.79 Å². The minimum atomic E-state index is 0. The first-order valence-electron chi connectivity index (χ1n) is 8.09. The monoisotopic (exact) mass is 340 g/mol. The Bertz CT molecular complexity index is 533. The number of halogens is 1. The molecule has 2 N–H and O–H groups in total. The summed E-state index contributed by atoms with van der Waals surface area (Å²) in [6.07, 6.45) is 2.94. The number of amides is 1. The van der Waals surface area contributed by atoms with Crippen LogP contribution in [0.5, 0.6) is 11.5 Å². The maximum absolute atomic E-state index is 12.2. The van der Waals surface area contributed by atoms with Crippen LogP contribution in [-0.4, -0.2) is 25.8 Å². The van der Waals surface area contributed by atoms with E-state index in [4.69, 9.17) is 9.47 Å². The van der Waals surface area contributed by atoms with E-state index in [0.29, 0.717) is 24.8 Å². The Morgan fingerprint density at radius 3 is 2.91 bits per heavy atom. The van der Waals surface area contributed by atoms with Crippen molar-refractivity contribution in [3.05, 3.63) is 23.8 Å². The summed E-state index contributed by atoms with van der Waals surface area (Å²) in [4.78, 5) is 12.2. The lowest BCUT2D eigenvalue weighted by molar-refractivity contribution is -0.122. The molecule has 0 aromatic heterocycles. The smallest absolute Gasteiger partial charge is 0.231 e. The summed E-state index contributed by atoms with van der Waals surface area (Å²) in [5.74, 6) is 2.72. The maximum Gasteiger partial charge on any atom is 0.231 e. The second kappa shape index (κ2) is 8.41. The Hall–Kier alpha value is -1.46. The van der Waals surface area contributed by atoms with Gasteiger partial charge in [-0.05, 0) is 43.8 Å². The lowest BCUT2D eigenvalue weighted by Crippen LogP contribution is -2.33. The zero-order valence-electron chi connectivity index (χ0n) is 13.5. The van der Waals surface area contributed by atoms with Crippen LogP contribution in [0.4, 0.5) is 0 Å². The molecular formula is C17H25ClN2O3. The molecule has 1 aromatic carbocycles. The minimum absolute atomic E-state index is 0. The summed E-state index contributed by atoms with van der Waals surface area (Å²) >= 11 is 0. The van der Waals surface area contributed by atoms with Crippen molar-refractivity contribution in [2.45, 2.75) is 32.7 Å². The molecule has 1 amide bonds. The molecule has 23 heavy (non-hydrogen) atoms. The van der Waals surface area contributed by atoms with Crippen LogP contribution in [0.2, 0.25) is 0 Å². The van der Waals surface area contributed by atoms with E-state index in [2.05, 4.69) is 17.6 Å². The molecule has 0 spiro atoms. The van der Waals surface area contributed by atoms with E-state index in [-0.39, 0.29) is 25.1 Å². The second-order valence-electron chi connectivity index (χ2n) is 6.20. The average Bonchev–Trinajstić information content (AvgIpc) is 3.03. The van der Waals surface area contributed by atoms with E-state index in [1.54, 1.807) is 0 Å². The van der Waals surface area contributed by atoms with E-state index < -0.39 is 0 Å². The van der Waals surface area contributed by atoms with Crippen LogP contribution in [0.1, 0.15) is 31.7 Å². The minimum Gasteiger partial charge on any atom is -0.454 e. The van der Waals surface area contributed by atoms with Crippen LogP contribution in [0, 0.1) is 11.8 Å². The lowest BCUT2D eigenvalue weighted by atomic mass is 9.84. The predicted molar refractivity (Wildman–Crippen MR) is 91.0 cm³/mol. The molecule has 128 valence electrons. The number of rotatable bonds is 5. The predicted octanol–water partition coefficient (Wildman–Crippen LogP) is 2.48. The van der Waals surface area contributed by atoms with Gasteiger partial charge in [-0.3, -0.25) is 4.79 Å². The Kier molecular flexibility index (Phi) is 6.54. The summed E-state index contributed by atoms with van der Waals surface area (Å²) in [6, 6.07) is 5.77. The van der Waals surface area contributed by atoms with Gasteiger partial charge in [-0.2, -0.15) is 0 Å². The molecule has 0 saturated carbocycles. The van der Waals surface area contributed by atoms with E-state index in [0.717, 1.165) is 30.2 Å². The fraction of sp³-hybridized carbons (Fsp3) is 0.588. The highest BCUT2D eigenvalue weighted by molar-refractivity contribution is 5.85.